The second kappa shape index (κ2) is 11.7. The van der Waals surface area contributed by atoms with Crippen molar-refractivity contribution in [3.63, 3.8) is 0 Å². The van der Waals surface area contributed by atoms with Crippen molar-refractivity contribution in [2.75, 3.05) is 0 Å². The fourth-order valence-corrected chi connectivity index (χ4v) is 6.36. The molecule has 0 atom stereocenters. The Kier molecular flexibility index (Phi) is 6.76. The first-order valence-corrected chi connectivity index (χ1v) is 16.1. The molecular weight excluding hydrogens is 585 g/mol. The highest BCUT2D eigenvalue weighted by Crippen LogP contribution is 2.33. The van der Waals surface area contributed by atoms with E-state index in [1.54, 1.807) is 0 Å². The van der Waals surface area contributed by atoms with Gasteiger partial charge in [-0.05, 0) is 45.8 Å². The predicted octanol–water partition coefficient (Wildman–Crippen LogP) is 11.1. The van der Waals surface area contributed by atoms with E-state index in [1.165, 1.54) is 16.2 Å². The average Bonchev–Trinajstić information content (AvgIpc) is 3.17. The van der Waals surface area contributed by atoms with Gasteiger partial charge in [0.2, 0.25) is 0 Å². The molecule has 4 nitrogen and oxygen atoms in total. The molecule has 9 aromatic rings. The minimum absolute atomic E-state index is 0.690. The summed E-state index contributed by atoms with van der Waals surface area (Å²) >= 11 is 0. The molecule has 224 valence electrons. The first kappa shape index (κ1) is 27.8. The molecule has 9 rings (SSSR count). The summed E-state index contributed by atoms with van der Waals surface area (Å²) in [5, 5.41) is 5.76. The first-order chi connectivity index (χ1) is 23.7. The maximum Gasteiger partial charge on any atom is 0.160 e. The Morgan fingerprint density at radius 3 is 1.54 bits per heavy atom. The Bertz CT molecular complexity index is 2510. The molecular formula is C44H28N4. The normalized spacial score (nSPS) is 11.3. The molecule has 4 heteroatoms. The summed E-state index contributed by atoms with van der Waals surface area (Å²) in [6.45, 7) is 0. The van der Waals surface area contributed by atoms with Crippen molar-refractivity contribution in [2.24, 2.45) is 0 Å². The highest BCUT2D eigenvalue weighted by Gasteiger charge is 2.14. The zero-order valence-corrected chi connectivity index (χ0v) is 26.0. The van der Waals surface area contributed by atoms with Crippen LogP contribution in [0.4, 0.5) is 0 Å². The number of hydrogen-bond acceptors (Lipinski definition) is 4. The van der Waals surface area contributed by atoms with Crippen LogP contribution in [0, 0.1) is 0 Å². The molecule has 2 aromatic heterocycles. The minimum atomic E-state index is 0.690. The van der Waals surface area contributed by atoms with E-state index in [-0.39, 0.29) is 0 Å². The van der Waals surface area contributed by atoms with Gasteiger partial charge in [-0.3, -0.25) is 0 Å². The lowest BCUT2D eigenvalue weighted by atomic mass is 10.0. The molecule has 2 heterocycles. The van der Waals surface area contributed by atoms with Crippen molar-refractivity contribution in [1.82, 2.24) is 19.9 Å². The fourth-order valence-electron chi connectivity index (χ4n) is 6.36. The molecule has 0 aliphatic carbocycles. The van der Waals surface area contributed by atoms with Gasteiger partial charge < -0.3 is 0 Å². The van der Waals surface area contributed by atoms with Gasteiger partial charge in [-0.25, -0.2) is 19.9 Å². The van der Waals surface area contributed by atoms with Gasteiger partial charge in [0.25, 0.3) is 0 Å². The number of aromatic nitrogens is 4. The second-order valence-corrected chi connectivity index (χ2v) is 11.9. The SMILES string of the molecule is c1ccc(-c2nc(-c3ccc(-c4cc(-c5ccc6ccccc6c5)nc(-c5ccc6ccccc6c5)n4)cc3)nc3ccccc23)cc1. The summed E-state index contributed by atoms with van der Waals surface area (Å²) in [7, 11) is 0. The van der Waals surface area contributed by atoms with Gasteiger partial charge in [-0.1, -0.05) is 146 Å². The Labute approximate surface area is 278 Å². The van der Waals surface area contributed by atoms with E-state index in [2.05, 4.69) is 133 Å². The third-order valence-electron chi connectivity index (χ3n) is 8.87. The van der Waals surface area contributed by atoms with Gasteiger partial charge in [0, 0.05) is 33.2 Å². The van der Waals surface area contributed by atoms with Crippen molar-refractivity contribution in [3.8, 4) is 56.5 Å². The molecule has 0 unspecified atom stereocenters. The lowest BCUT2D eigenvalue weighted by Gasteiger charge is -2.12. The van der Waals surface area contributed by atoms with E-state index in [4.69, 9.17) is 19.9 Å². The molecule has 0 aliphatic heterocycles. The summed E-state index contributed by atoms with van der Waals surface area (Å²) in [6, 6.07) is 58.7. The maximum atomic E-state index is 5.12. The smallest absolute Gasteiger partial charge is 0.160 e. The van der Waals surface area contributed by atoms with E-state index in [9.17, 15) is 0 Å². The van der Waals surface area contributed by atoms with Crippen LogP contribution in [-0.2, 0) is 0 Å². The summed E-state index contributed by atoms with van der Waals surface area (Å²) in [5.41, 5.74) is 8.61. The fraction of sp³-hybridized carbons (Fsp3) is 0. The van der Waals surface area contributed by atoms with Crippen LogP contribution in [0.2, 0.25) is 0 Å². The zero-order chi connectivity index (χ0) is 31.9. The Balaban J connectivity index is 1.16. The molecule has 0 N–H and O–H groups in total. The predicted molar refractivity (Wildman–Crippen MR) is 197 cm³/mol. The Morgan fingerprint density at radius 1 is 0.292 bits per heavy atom. The molecule has 0 fully saturated rings. The van der Waals surface area contributed by atoms with E-state index in [0.29, 0.717) is 11.6 Å². The summed E-state index contributed by atoms with van der Waals surface area (Å²) in [4.78, 5) is 20.3. The summed E-state index contributed by atoms with van der Waals surface area (Å²) in [5.74, 6) is 1.38. The number of rotatable bonds is 5. The van der Waals surface area contributed by atoms with Gasteiger partial charge in [0.1, 0.15) is 0 Å². The third kappa shape index (κ3) is 5.16. The van der Waals surface area contributed by atoms with Gasteiger partial charge in [-0.2, -0.15) is 0 Å². The van der Waals surface area contributed by atoms with Gasteiger partial charge in [-0.15, -0.1) is 0 Å². The monoisotopic (exact) mass is 612 g/mol. The highest BCUT2D eigenvalue weighted by atomic mass is 14.9. The van der Waals surface area contributed by atoms with E-state index < -0.39 is 0 Å². The average molecular weight is 613 g/mol. The van der Waals surface area contributed by atoms with Gasteiger partial charge in [0.05, 0.1) is 22.6 Å². The van der Waals surface area contributed by atoms with Crippen molar-refractivity contribution < 1.29 is 0 Å². The molecule has 0 saturated heterocycles. The quantitative estimate of drug-likeness (QED) is 0.194. The van der Waals surface area contributed by atoms with Gasteiger partial charge >= 0.3 is 0 Å². The number of para-hydroxylation sites is 1. The van der Waals surface area contributed by atoms with Crippen LogP contribution in [0.3, 0.4) is 0 Å². The molecule has 48 heavy (non-hydrogen) atoms. The standard InChI is InChI=1S/C44H28N4/c1-2-12-32(13-3-1)42-38-16-8-9-17-39(38)45-43(48-42)33-22-20-31(21-23-33)40-28-41(36-24-18-29-10-4-6-14-34(29)26-36)47-44(46-40)37-25-19-30-11-5-7-15-35(30)27-37/h1-28H. The largest absolute Gasteiger partial charge is 0.228 e. The van der Waals surface area contributed by atoms with E-state index in [0.717, 1.165) is 61.2 Å². The topological polar surface area (TPSA) is 51.6 Å². The Hall–Kier alpha value is -6.52. The highest BCUT2D eigenvalue weighted by molar-refractivity contribution is 5.94. The zero-order valence-electron chi connectivity index (χ0n) is 26.0. The van der Waals surface area contributed by atoms with Crippen molar-refractivity contribution in [2.45, 2.75) is 0 Å². The lowest BCUT2D eigenvalue weighted by Crippen LogP contribution is -1.97. The van der Waals surface area contributed by atoms with Gasteiger partial charge in [0.15, 0.2) is 11.6 Å². The number of hydrogen-bond donors (Lipinski definition) is 0. The van der Waals surface area contributed by atoms with Crippen LogP contribution >= 0.6 is 0 Å². The van der Waals surface area contributed by atoms with E-state index >= 15 is 0 Å². The molecule has 0 amide bonds. The Morgan fingerprint density at radius 2 is 0.812 bits per heavy atom. The molecule has 0 aliphatic rings. The number of nitrogens with zero attached hydrogens (tertiary/aromatic N) is 4. The van der Waals surface area contributed by atoms with Crippen molar-refractivity contribution >= 4 is 32.4 Å². The minimum Gasteiger partial charge on any atom is -0.228 e. The van der Waals surface area contributed by atoms with Crippen molar-refractivity contribution in [3.05, 3.63) is 170 Å². The van der Waals surface area contributed by atoms with Crippen molar-refractivity contribution in [1.29, 1.82) is 0 Å². The lowest BCUT2D eigenvalue weighted by molar-refractivity contribution is 1.18. The summed E-state index contributed by atoms with van der Waals surface area (Å²) in [6.07, 6.45) is 0. The van der Waals surface area contributed by atoms with Crippen LogP contribution in [0.15, 0.2) is 170 Å². The third-order valence-corrected chi connectivity index (χ3v) is 8.87. The second-order valence-electron chi connectivity index (χ2n) is 11.9. The molecule has 0 spiro atoms. The van der Waals surface area contributed by atoms with Crippen LogP contribution in [0.1, 0.15) is 0 Å². The molecule has 7 aromatic carbocycles. The maximum absolute atomic E-state index is 5.12. The van der Waals surface area contributed by atoms with Crippen LogP contribution < -0.4 is 0 Å². The first-order valence-electron chi connectivity index (χ1n) is 16.1. The van der Waals surface area contributed by atoms with Crippen LogP contribution in [0.5, 0.6) is 0 Å². The molecule has 0 saturated carbocycles. The van der Waals surface area contributed by atoms with Crippen LogP contribution in [-0.4, -0.2) is 19.9 Å². The molecule has 0 bridgehead atoms. The summed E-state index contributed by atoms with van der Waals surface area (Å²) < 4.78 is 0. The van der Waals surface area contributed by atoms with Crippen LogP contribution in [0.25, 0.3) is 89.0 Å². The molecule has 0 radical (unpaired) electrons. The number of benzene rings is 7. The number of fused-ring (bicyclic) bond motifs is 3. The van der Waals surface area contributed by atoms with E-state index in [1.807, 2.05) is 36.4 Å².